The number of halogens is 3. The molecule has 1 aromatic carbocycles. The largest absolute Gasteiger partial charge is 0.480 e. The molecule has 2 N–H and O–H groups in total. The van der Waals surface area contributed by atoms with Gasteiger partial charge in [0.15, 0.2) is 0 Å². The highest BCUT2D eigenvalue weighted by atomic mass is 19.4. The molecular weight excluding hydrogens is 277 g/mol. The second-order valence-electron chi connectivity index (χ2n) is 3.98. The van der Waals surface area contributed by atoms with Crippen LogP contribution in [0.2, 0.25) is 0 Å². The summed E-state index contributed by atoms with van der Waals surface area (Å²) in [5.41, 5.74) is 0.442. The third-order valence-corrected chi connectivity index (χ3v) is 2.27. The monoisotopic (exact) mass is 290 g/mol. The molecule has 0 saturated carbocycles. The van der Waals surface area contributed by atoms with E-state index < -0.39 is 37.7 Å². The van der Waals surface area contributed by atoms with Crippen LogP contribution < -0.4 is 10.2 Å². The van der Waals surface area contributed by atoms with Crippen molar-refractivity contribution in [2.24, 2.45) is 0 Å². The van der Waals surface area contributed by atoms with Crippen molar-refractivity contribution < 1.29 is 27.9 Å². The van der Waals surface area contributed by atoms with Gasteiger partial charge in [0.2, 0.25) is 5.91 Å². The van der Waals surface area contributed by atoms with Crippen LogP contribution >= 0.6 is 0 Å². The molecule has 0 bridgehead atoms. The molecule has 0 aromatic heterocycles. The third-order valence-electron chi connectivity index (χ3n) is 2.27. The van der Waals surface area contributed by atoms with Gasteiger partial charge in [-0.05, 0) is 12.1 Å². The summed E-state index contributed by atoms with van der Waals surface area (Å²) in [5, 5.41) is 10.5. The molecule has 1 aromatic rings. The number of hydrogen-bond acceptors (Lipinski definition) is 3. The van der Waals surface area contributed by atoms with Gasteiger partial charge in [-0.15, -0.1) is 0 Å². The van der Waals surface area contributed by atoms with Crippen molar-refractivity contribution in [3.05, 3.63) is 30.3 Å². The first-order valence-corrected chi connectivity index (χ1v) is 5.63. The van der Waals surface area contributed by atoms with Crippen LogP contribution in [0.5, 0.6) is 0 Å². The van der Waals surface area contributed by atoms with E-state index in [0.29, 0.717) is 5.69 Å². The Morgan fingerprint density at radius 1 is 1.15 bits per heavy atom. The number of carbonyl (C=O) groups is 2. The van der Waals surface area contributed by atoms with Crippen LogP contribution in [0, 0.1) is 0 Å². The summed E-state index contributed by atoms with van der Waals surface area (Å²) in [5.74, 6) is -2.08. The summed E-state index contributed by atoms with van der Waals surface area (Å²) < 4.78 is 35.9. The minimum Gasteiger partial charge on any atom is -0.480 e. The van der Waals surface area contributed by atoms with Crippen LogP contribution in [0.3, 0.4) is 0 Å². The highest BCUT2D eigenvalue weighted by Gasteiger charge is 2.28. The number of para-hydroxylation sites is 1. The predicted molar refractivity (Wildman–Crippen MR) is 65.4 cm³/mol. The topological polar surface area (TPSA) is 69.6 Å². The first kappa shape index (κ1) is 15.8. The lowest BCUT2D eigenvalue weighted by molar-refractivity contribution is -0.138. The van der Waals surface area contributed by atoms with Crippen LogP contribution in [0.25, 0.3) is 0 Å². The minimum atomic E-state index is -4.50. The first-order valence-electron chi connectivity index (χ1n) is 5.63. The van der Waals surface area contributed by atoms with Crippen LogP contribution in [0.15, 0.2) is 30.3 Å². The Morgan fingerprint density at radius 3 is 2.25 bits per heavy atom. The van der Waals surface area contributed by atoms with Crippen LogP contribution in [-0.4, -0.2) is 42.8 Å². The third kappa shape index (κ3) is 6.07. The second-order valence-corrected chi connectivity index (χ2v) is 3.98. The molecule has 0 fully saturated rings. The molecule has 0 unspecified atom stereocenters. The molecular formula is C12H13F3N2O3. The lowest BCUT2D eigenvalue weighted by Crippen LogP contribution is -2.42. The molecule has 110 valence electrons. The van der Waals surface area contributed by atoms with Crippen molar-refractivity contribution in [1.29, 1.82) is 0 Å². The van der Waals surface area contributed by atoms with Gasteiger partial charge >= 0.3 is 12.1 Å². The number of benzene rings is 1. The molecule has 0 spiro atoms. The van der Waals surface area contributed by atoms with Crippen molar-refractivity contribution in [2.75, 3.05) is 24.5 Å². The molecule has 20 heavy (non-hydrogen) atoms. The van der Waals surface area contributed by atoms with Crippen molar-refractivity contribution >= 4 is 17.6 Å². The molecule has 1 amide bonds. The number of carboxylic acid groups (broad SMARTS) is 1. The zero-order valence-corrected chi connectivity index (χ0v) is 10.4. The van der Waals surface area contributed by atoms with E-state index in [1.54, 1.807) is 35.6 Å². The van der Waals surface area contributed by atoms with Crippen molar-refractivity contribution in [1.82, 2.24) is 5.32 Å². The van der Waals surface area contributed by atoms with Crippen LogP contribution in [0.1, 0.15) is 0 Å². The van der Waals surface area contributed by atoms with Gasteiger partial charge in [-0.1, -0.05) is 18.2 Å². The summed E-state index contributed by atoms with van der Waals surface area (Å²) in [6, 6.07) is 8.11. The number of carboxylic acids is 1. The number of rotatable bonds is 6. The maximum absolute atomic E-state index is 12.0. The number of hydrogen-bond donors (Lipinski definition) is 2. The molecule has 0 saturated heterocycles. The SMILES string of the molecule is O=C(O)CN(CC(=O)NCC(F)(F)F)c1ccccc1. The molecule has 0 atom stereocenters. The predicted octanol–water partition coefficient (Wildman–Crippen LogP) is 1.26. The highest BCUT2D eigenvalue weighted by Crippen LogP contribution is 2.14. The molecule has 5 nitrogen and oxygen atoms in total. The Labute approximate surface area is 113 Å². The normalized spacial score (nSPS) is 10.9. The van der Waals surface area contributed by atoms with Gasteiger partial charge in [0.05, 0.1) is 6.54 Å². The van der Waals surface area contributed by atoms with Gasteiger partial charge in [-0.3, -0.25) is 9.59 Å². The van der Waals surface area contributed by atoms with Gasteiger partial charge in [-0.25, -0.2) is 0 Å². The van der Waals surface area contributed by atoms with E-state index in [9.17, 15) is 22.8 Å². The minimum absolute atomic E-state index is 0.442. The number of carbonyl (C=O) groups excluding carboxylic acids is 1. The van der Waals surface area contributed by atoms with Crippen molar-refractivity contribution in [3.63, 3.8) is 0 Å². The molecule has 8 heteroatoms. The fourth-order valence-corrected chi connectivity index (χ4v) is 1.47. The number of aliphatic carboxylic acids is 1. The van der Waals surface area contributed by atoms with Gasteiger partial charge in [0, 0.05) is 5.69 Å². The molecule has 1 rings (SSSR count). The van der Waals surface area contributed by atoms with Crippen LogP contribution in [0.4, 0.5) is 18.9 Å². The number of amides is 1. The van der Waals surface area contributed by atoms with Crippen molar-refractivity contribution in [2.45, 2.75) is 6.18 Å². The highest BCUT2D eigenvalue weighted by molar-refractivity contribution is 5.84. The number of alkyl halides is 3. The standard InChI is InChI=1S/C12H13F3N2O3/c13-12(14,15)8-16-10(18)6-17(7-11(19)20)9-4-2-1-3-5-9/h1-5H,6-8H2,(H,16,18)(H,19,20). The molecule has 0 heterocycles. The average Bonchev–Trinajstić information content (AvgIpc) is 2.35. The second kappa shape index (κ2) is 6.78. The Hall–Kier alpha value is -2.25. The van der Waals surface area contributed by atoms with E-state index in [2.05, 4.69) is 0 Å². The smallest absolute Gasteiger partial charge is 0.405 e. The van der Waals surface area contributed by atoms with Gasteiger partial charge < -0.3 is 15.3 Å². The van der Waals surface area contributed by atoms with Gasteiger partial charge in [0.25, 0.3) is 0 Å². The van der Waals surface area contributed by atoms with E-state index in [0.717, 1.165) is 0 Å². The van der Waals surface area contributed by atoms with E-state index in [4.69, 9.17) is 5.11 Å². The van der Waals surface area contributed by atoms with E-state index in [1.165, 1.54) is 4.90 Å². The Kier molecular flexibility index (Phi) is 5.36. The van der Waals surface area contributed by atoms with Crippen LogP contribution in [-0.2, 0) is 9.59 Å². The fraction of sp³-hybridized carbons (Fsp3) is 0.333. The lowest BCUT2D eigenvalue weighted by atomic mass is 10.3. The molecule has 0 aliphatic rings. The maximum atomic E-state index is 12.0. The fourth-order valence-electron chi connectivity index (χ4n) is 1.47. The summed E-state index contributed by atoms with van der Waals surface area (Å²) in [7, 11) is 0. The summed E-state index contributed by atoms with van der Waals surface area (Å²) in [6.07, 6.45) is -4.50. The Bertz CT molecular complexity index is 463. The zero-order chi connectivity index (χ0) is 15.2. The van der Waals surface area contributed by atoms with E-state index >= 15 is 0 Å². The summed E-state index contributed by atoms with van der Waals surface area (Å²) >= 11 is 0. The number of nitrogens with zero attached hydrogens (tertiary/aromatic N) is 1. The van der Waals surface area contributed by atoms with E-state index in [1.807, 2.05) is 0 Å². The average molecular weight is 290 g/mol. The zero-order valence-electron chi connectivity index (χ0n) is 10.4. The van der Waals surface area contributed by atoms with Gasteiger partial charge in [-0.2, -0.15) is 13.2 Å². The maximum Gasteiger partial charge on any atom is 0.405 e. The summed E-state index contributed by atoms with van der Waals surface area (Å²) in [6.45, 7) is -2.39. The Balaban J connectivity index is 2.66. The molecule has 0 aliphatic heterocycles. The quantitative estimate of drug-likeness (QED) is 0.827. The van der Waals surface area contributed by atoms with Crippen molar-refractivity contribution in [3.8, 4) is 0 Å². The molecule has 0 radical (unpaired) electrons. The number of anilines is 1. The van der Waals surface area contributed by atoms with Gasteiger partial charge in [0.1, 0.15) is 13.1 Å². The molecule has 0 aliphatic carbocycles. The first-order chi connectivity index (χ1) is 9.28. The summed E-state index contributed by atoms with van der Waals surface area (Å²) in [4.78, 5) is 23.3. The van der Waals surface area contributed by atoms with E-state index in [-0.39, 0.29) is 0 Å². The lowest BCUT2D eigenvalue weighted by Gasteiger charge is -2.22. The number of nitrogens with one attached hydrogen (secondary N) is 1. The Morgan fingerprint density at radius 2 is 1.75 bits per heavy atom.